The molecule has 0 amide bonds. The van der Waals surface area contributed by atoms with Crippen molar-refractivity contribution in [2.45, 2.75) is 6.92 Å². The molecule has 26 heavy (non-hydrogen) atoms. The van der Waals surface area contributed by atoms with Gasteiger partial charge in [0.15, 0.2) is 0 Å². The van der Waals surface area contributed by atoms with E-state index in [1.54, 1.807) is 0 Å². The van der Waals surface area contributed by atoms with Gasteiger partial charge in [-0.15, -0.1) is 0 Å². The smallest absolute Gasteiger partial charge is 0.347 e. The topological polar surface area (TPSA) is 93.0 Å². The molecule has 0 aliphatic rings. The summed E-state index contributed by atoms with van der Waals surface area (Å²) in [7, 11) is 0. The zero-order chi connectivity index (χ0) is 18.5. The van der Waals surface area contributed by atoms with E-state index in [1.165, 1.54) is 0 Å². The van der Waals surface area contributed by atoms with E-state index < -0.39 is 5.69 Å². The SMILES string of the molecule is CCOc1ccc(-c2[nH]c(=O)nc(N)c2C(=S)Nc2ccccc2)cc1. The molecular weight excluding hydrogens is 348 g/mol. The second kappa shape index (κ2) is 7.79. The Balaban J connectivity index is 2.02. The van der Waals surface area contributed by atoms with Crippen molar-refractivity contribution in [3.8, 4) is 17.0 Å². The minimum atomic E-state index is -0.530. The van der Waals surface area contributed by atoms with Crippen molar-refractivity contribution in [3.05, 3.63) is 70.6 Å². The highest BCUT2D eigenvalue weighted by Gasteiger charge is 2.17. The molecule has 0 aliphatic carbocycles. The van der Waals surface area contributed by atoms with Gasteiger partial charge in [0.2, 0.25) is 0 Å². The van der Waals surface area contributed by atoms with Crippen LogP contribution < -0.4 is 21.5 Å². The van der Waals surface area contributed by atoms with E-state index in [-0.39, 0.29) is 5.82 Å². The molecule has 7 heteroatoms. The Morgan fingerprint density at radius 2 is 1.88 bits per heavy atom. The van der Waals surface area contributed by atoms with Crippen molar-refractivity contribution >= 4 is 28.7 Å². The Morgan fingerprint density at radius 3 is 2.54 bits per heavy atom. The predicted molar refractivity (Wildman–Crippen MR) is 108 cm³/mol. The molecule has 0 unspecified atom stereocenters. The van der Waals surface area contributed by atoms with Gasteiger partial charge in [-0.2, -0.15) is 4.98 Å². The number of hydrogen-bond acceptors (Lipinski definition) is 5. The lowest BCUT2D eigenvalue weighted by Crippen LogP contribution is -2.22. The van der Waals surface area contributed by atoms with Gasteiger partial charge in [-0.05, 0) is 48.9 Å². The minimum absolute atomic E-state index is 0.0751. The van der Waals surface area contributed by atoms with Crippen LogP contribution in [0.1, 0.15) is 12.5 Å². The van der Waals surface area contributed by atoms with Gasteiger partial charge in [0.05, 0.1) is 17.9 Å². The molecule has 0 fully saturated rings. The Hall–Kier alpha value is -3.19. The summed E-state index contributed by atoms with van der Waals surface area (Å²) in [4.78, 5) is 18.7. The third-order valence-corrected chi connectivity index (χ3v) is 3.98. The van der Waals surface area contributed by atoms with E-state index in [2.05, 4.69) is 15.3 Å². The fourth-order valence-corrected chi connectivity index (χ4v) is 2.86. The molecule has 132 valence electrons. The van der Waals surface area contributed by atoms with E-state index in [1.807, 2.05) is 61.5 Å². The van der Waals surface area contributed by atoms with Gasteiger partial charge in [0, 0.05) is 5.69 Å². The molecule has 6 nitrogen and oxygen atoms in total. The largest absolute Gasteiger partial charge is 0.494 e. The highest BCUT2D eigenvalue weighted by atomic mass is 32.1. The molecule has 0 atom stereocenters. The molecule has 0 aliphatic heterocycles. The van der Waals surface area contributed by atoms with Crippen molar-refractivity contribution in [1.29, 1.82) is 0 Å². The number of para-hydroxylation sites is 1. The van der Waals surface area contributed by atoms with Crippen LogP contribution in [-0.4, -0.2) is 21.6 Å². The summed E-state index contributed by atoms with van der Waals surface area (Å²) in [6, 6.07) is 16.8. The third kappa shape index (κ3) is 3.89. The number of thiocarbonyl (C=S) groups is 1. The predicted octanol–water partition coefficient (Wildman–Crippen LogP) is 3.21. The van der Waals surface area contributed by atoms with Crippen LogP contribution in [0.25, 0.3) is 11.3 Å². The van der Waals surface area contributed by atoms with Gasteiger partial charge in [0.1, 0.15) is 16.6 Å². The van der Waals surface area contributed by atoms with Crippen molar-refractivity contribution in [2.24, 2.45) is 0 Å². The summed E-state index contributed by atoms with van der Waals surface area (Å²) in [6.07, 6.45) is 0. The molecular formula is C19H18N4O2S. The molecule has 3 rings (SSSR count). The lowest BCUT2D eigenvalue weighted by molar-refractivity contribution is 0.340. The van der Waals surface area contributed by atoms with Crippen molar-refractivity contribution < 1.29 is 4.74 Å². The first kappa shape index (κ1) is 17.6. The molecule has 1 aromatic heterocycles. The number of H-pyrrole nitrogens is 1. The summed E-state index contributed by atoms with van der Waals surface area (Å²) in [5.41, 5.74) is 8.05. The van der Waals surface area contributed by atoms with Crippen molar-refractivity contribution in [1.82, 2.24) is 9.97 Å². The Kier molecular flexibility index (Phi) is 5.28. The highest BCUT2D eigenvalue weighted by molar-refractivity contribution is 7.81. The normalized spacial score (nSPS) is 10.3. The monoisotopic (exact) mass is 366 g/mol. The number of nitrogens with two attached hydrogens (primary N) is 1. The van der Waals surface area contributed by atoms with Gasteiger partial charge in [-0.3, -0.25) is 0 Å². The van der Waals surface area contributed by atoms with Gasteiger partial charge in [-0.1, -0.05) is 30.4 Å². The Labute approximate surface area is 156 Å². The van der Waals surface area contributed by atoms with E-state index >= 15 is 0 Å². The highest BCUT2D eigenvalue weighted by Crippen LogP contribution is 2.26. The summed E-state index contributed by atoms with van der Waals surface area (Å²) < 4.78 is 5.45. The average molecular weight is 366 g/mol. The molecule has 0 saturated heterocycles. The third-order valence-electron chi connectivity index (χ3n) is 3.67. The average Bonchev–Trinajstić information content (AvgIpc) is 2.62. The molecule has 2 aromatic carbocycles. The van der Waals surface area contributed by atoms with Crippen LogP contribution in [0.15, 0.2) is 59.4 Å². The van der Waals surface area contributed by atoms with Crippen LogP contribution in [0.5, 0.6) is 5.75 Å². The zero-order valence-electron chi connectivity index (χ0n) is 14.2. The Bertz CT molecular complexity index is 969. The van der Waals surface area contributed by atoms with E-state index in [9.17, 15) is 4.79 Å². The number of aromatic nitrogens is 2. The molecule has 0 radical (unpaired) electrons. The number of nitrogens with one attached hydrogen (secondary N) is 2. The van der Waals surface area contributed by atoms with E-state index in [4.69, 9.17) is 22.7 Å². The van der Waals surface area contributed by atoms with Gasteiger partial charge in [0.25, 0.3) is 0 Å². The van der Waals surface area contributed by atoms with Crippen molar-refractivity contribution in [2.75, 3.05) is 17.7 Å². The maximum atomic E-state index is 11.9. The molecule has 4 N–H and O–H groups in total. The Morgan fingerprint density at radius 1 is 1.19 bits per heavy atom. The fourth-order valence-electron chi connectivity index (χ4n) is 2.54. The van der Waals surface area contributed by atoms with E-state index in [0.717, 1.165) is 17.0 Å². The van der Waals surface area contributed by atoms with Crippen LogP contribution in [0.4, 0.5) is 11.5 Å². The van der Waals surface area contributed by atoms with Crippen LogP contribution in [0.3, 0.4) is 0 Å². The van der Waals surface area contributed by atoms with Gasteiger partial charge in [-0.25, -0.2) is 4.79 Å². The number of nitrogens with zero attached hydrogens (tertiary/aromatic N) is 1. The first-order chi connectivity index (χ1) is 12.6. The number of ether oxygens (including phenoxy) is 1. The number of benzene rings is 2. The van der Waals surface area contributed by atoms with Gasteiger partial charge < -0.3 is 20.8 Å². The van der Waals surface area contributed by atoms with Crippen LogP contribution in [0, 0.1) is 0 Å². The number of nitrogen functional groups attached to an aromatic ring is 1. The van der Waals surface area contributed by atoms with Crippen LogP contribution >= 0.6 is 12.2 Å². The second-order valence-electron chi connectivity index (χ2n) is 5.45. The summed E-state index contributed by atoms with van der Waals surface area (Å²) in [6.45, 7) is 2.50. The first-order valence-corrected chi connectivity index (χ1v) is 8.48. The van der Waals surface area contributed by atoms with Gasteiger partial charge >= 0.3 is 5.69 Å². The molecule has 0 spiro atoms. The minimum Gasteiger partial charge on any atom is -0.494 e. The van der Waals surface area contributed by atoms with E-state index in [0.29, 0.717) is 22.9 Å². The van der Waals surface area contributed by atoms with Crippen LogP contribution in [-0.2, 0) is 0 Å². The molecule has 0 bridgehead atoms. The van der Waals surface area contributed by atoms with Crippen molar-refractivity contribution in [3.63, 3.8) is 0 Å². The maximum absolute atomic E-state index is 11.9. The summed E-state index contributed by atoms with van der Waals surface area (Å²) in [5.74, 6) is 0.818. The second-order valence-corrected chi connectivity index (χ2v) is 5.86. The lowest BCUT2D eigenvalue weighted by Gasteiger charge is -2.14. The quantitative estimate of drug-likeness (QED) is 0.601. The summed E-state index contributed by atoms with van der Waals surface area (Å²) >= 11 is 5.51. The first-order valence-electron chi connectivity index (χ1n) is 8.08. The molecule has 3 aromatic rings. The lowest BCUT2D eigenvalue weighted by atomic mass is 10.1. The standard InChI is InChI=1S/C19H18N4O2S/c1-2-25-14-10-8-12(9-11-14)16-15(17(20)23-19(24)22-16)18(26)21-13-6-4-3-5-7-13/h3-11H,2H2,1H3,(H,21,26)(H3,20,22,23,24). The number of rotatable bonds is 5. The molecule has 1 heterocycles. The summed E-state index contributed by atoms with van der Waals surface area (Å²) in [5, 5.41) is 3.13. The zero-order valence-corrected chi connectivity index (χ0v) is 15.0. The molecule has 0 saturated carbocycles. The number of anilines is 2. The number of hydrogen-bond donors (Lipinski definition) is 3. The fraction of sp³-hybridized carbons (Fsp3) is 0.105. The maximum Gasteiger partial charge on any atom is 0.347 e. The number of aromatic amines is 1. The van der Waals surface area contributed by atoms with Crippen LogP contribution in [0.2, 0.25) is 0 Å².